The van der Waals surface area contributed by atoms with Gasteiger partial charge >= 0.3 is 0 Å². The molecule has 0 aliphatic heterocycles. The summed E-state index contributed by atoms with van der Waals surface area (Å²) >= 11 is 18.6. The van der Waals surface area contributed by atoms with Crippen molar-refractivity contribution in [3.63, 3.8) is 0 Å². The third-order valence-corrected chi connectivity index (χ3v) is 8.05. The van der Waals surface area contributed by atoms with E-state index in [1.54, 1.807) is 50.2 Å². The zero-order valence-electron chi connectivity index (χ0n) is 21.0. The predicted molar refractivity (Wildman–Crippen MR) is 147 cm³/mol. The minimum atomic E-state index is -3.86. The van der Waals surface area contributed by atoms with Crippen LogP contribution in [0.1, 0.15) is 44.7 Å². The Hall–Kier alpha value is -2.00. The summed E-state index contributed by atoms with van der Waals surface area (Å²) < 4.78 is 26.5. The van der Waals surface area contributed by atoms with Crippen LogP contribution in [0.3, 0.4) is 0 Å². The minimum Gasteiger partial charge on any atom is -0.352 e. The van der Waals surface area contributed by atoms with Crippen molar-refractivity contribution in [1.29, 1.82) is 0 Å². The molecule has 36 heavy (non-hydrogen) atoms. The van der Waals surface area contributed by atoms with E-state index in [4.69, 9.17) is 34.8 Å². The van der Waals surface area contributed by atoms with Gasteiger partial charge in [0.1, 0.15) is 12.6 Å². The zero-order chi connectivity index (χ0) is 27.2. The molecule has 0 aromatic heterocycles. The molecule has 0 spiro atoms. The van der Waals surface area contributed by atoms with Crippen LogP contribution in [0, 0.1) is 6.92 Å². The maximum atomic E-state index is 13.8. The molecule has 0 saturated carbocycles. The fraction of sp³-hybridized carbons (Fsp3) is 0.440. The van der Waals surface area contributed by atoms with Crippen LogP contribution in [0.2, 0.25) is 15.1 Å². The van der Waals surface area contributed by atoms with Crippen molar-refractivity contribution in [3.8, 4) is 0 Å². The highest BCUT2D eigenvalue weighted by Crippen LogP contribution is 2.29. The number of hydrogen-bond donors (Lipinski definition) is 1. The van der Waals surface area contributed by atoms with Crippen molar-refractivity contribution >= 4 is 62.3 Å². The van der Waals surface area contributed by atoms with Gasteiger partial charge in [-0.3, -0.25) is 13.9 Å². The lowest BCUT2D eigenvalue weighted by Crippen LogP contribution is -2.53. The van der Waals surface area contributed by atoms with Gasteiger partial charge in [0, 0.05) is 27.7 Å². The number of anilines is 1. The van der Waals surface area contributed by atoms with Gasteiger partial charge < -0.3 is 10.2 Å². The van der Waals surface area contributed by atoms with Crippen LogP contribution in [0.4, 0.5) is 5.69 Å². The van der Waals surface area contributed by atoms with E-state index in [0.29, 0.717) is 38.3 Å². The molecular formula is C25H32Cl3N3O4S. The van der Waals surface area contributed by atoms with Crippen LogP contribution >= 0.6 is 34.8 Å². The smallest absolute Gasteiger partial charge is 0.244 e. The molecule has 2 amide bonds. The highest BCUT2D eigenvalue weighted by molar-refractivity contribution is 7.92. The molecule has 0 aliphatic rings. The van der Waals surface area contributed by atoms with Gasteiger partial charge in [0.2, 0.25) is 21.8 Å². The van der Waals surface area contributed by atoms with Crippen molar-refractivity contribution in [2.75, 3.05) is 17.1 Å². The van der Waals surface area contributed by atoms with Crippen LogP contribution in [0.25, 0.3) is 0 Å². The Morgan fingerprint density at radius 1 is 1.03 bits per heavy atom. The molecule has 11 heteroatoms. The summed E-state index contributed by atoms with van der Waals surface area (Å²) in [6, 6.07) is 8.78. The third-order valence-electron chi connectivity index (χ3n) is 5.93. The monoisotopic (exact) mass is 575 g/mol. The number of hydrogen-bond acceptors (Lipinski definition) is 4. The number of benzene rings is 2. The summed E-state index contributed by atoms with van der Waals surface area (Å²) in [6.07, 6.45) is 2.05. The van der Waals surface area contributed by atoms with Gasteiger partial charge in [-0.1, -0.05) is 60.8 Å². The first-order chi connectivity index (χ1) is 16.8. The van der Waals surface area contributed by atoms with Crippen LogP contribution in [0.15, 0.2) is 36.4 Å². The second-order valence-electron chi connectivity index (χ2n) is 8.65. The molecule has 0 fully saturated rings. The normalized spacial score (nSPS) is 13.1. The summed E-state index contributed by atoms with van der Waals surface area (Å²) in [5, 5.41) is 4.06. The Balaban J connectivity index is 2.52. The summed E-state index contributed by atoms with van der Waals surface area (Å²) in [5.41, 5.74) is 1.39. The number of halogens is 3. The summed E-state index contributed by atoms with van der Waals surface area (Å²) in [6.45, 7) is 6.77. The van der Waals surface area contributed by atoms with Crippen molar-refractivity contribution < 1.29 is 18.0 Å². The second-order valence-corrected chi connectivity index (χ2v) is 11.8. The lowest BCUT2D eigenvalue weighted by Gasteiger charge is -2.34. The van der Waals surface area contributed by atoms with Crippen LogP contribution in [-0.4, -0.2) is 50.0 Å². The van der Waals surface area contributed by atoms with Crippen molar-refractivity contribution in [2.45, 2.75) is 59.2 Å². The number of carbonyl (C=O) groups is 2. The average molecular weight is 577 g/mol. The van der Waals surface area contributed by atoms with Gasteiger partial charge in [0.25, 0.3) is 0 Å². The molecule has 2 rings (SSSR count). The first kappa shape index (κ1) is 30.2. The quantitative estimate of drug-likeness (QED) is 0.386. The van der Waals surface area contributed by atoms with E-state index >= 15 is 0 Å². The fourth-order valence-electron chi connectivity index (χ4n) is 3.66. The molecule has 0 unspecified atom stereocenters. The number of sulfonamides is 1. The first-order valence-corrected chi connectivity index (χ1v) is 14.5. The van der Waals surface area contributed by atoms with Gasteiger partial charge in [-0.15, -0.1) is 0 Å². The molecule has 0 radical (unpaired) electrons. The third kappa shape index (κ3) is 7.75. The number of nitrogens with zero attached hydrogens (tertiary/aromatic N) is 2. The summed E-state index contributed by atoms with van der Waals surface area (Å²) in [5.74, 6) is -0.882. The van der Waals surface area contributed by atoms with Crippen LogP contribution < -0.4 is 9.62 Å². The molecule has 7 nitrogen and oxygen atoms in total. The molecule has 0 aliphatic carbocycles. The van der Waals surface area contributed by atoms with Crippen molar-refractivity contribution in [2.24, 2.45) is 0 Å². The van der Waals surface area contributed by atoms with Gasteiger partial charge in [0.15, 0.2) is 0 Å². The largest absolute Gasteiger partial charge is 0.352 e. The molecule has 198 valence electrons. The molecular weight excluding hydrogens is 545 g/mol. The number of rotatable bonds is 11. The second kappa shape index (κ2) is 13.0. The van der Waals surface area contributed by atoms with E-state index in [1.165, 1.54) is 4.90 Å². The maximum absolute atomic E-state index is 13.8. The SMILES string of the molecule is CC[C@@H](C)NC(=O)[C@H](CC)N(Cc1ccc(Cl)cc1Cl)C(=O)CN(c1cccc(Cl)c1C)S(C)(=O)=O. The minimum absolute atomic E-state index is 0.00655. The first-order valence-electron chi connectivity index (χ1n) is 11.6. The zero-order valence-corrected chi connectivity index (χ0v) is 24.1. The van der Waals surface area contributed by atoms with E-state index < -0.39 is 28.5 Å². The van der Waals surface area contributed by atoms with E-state index in [-0.39, 0.29) is 18.5 Å². The Bertz CT molecular complexity index is 1210. The fourth-order valence-corrected chi connectivity index (χ4v) is 5.19. The van der Waals surface area contributed by atoms with Gasteiger partial charge in [-0.05, 0) is 62.1 Å². The molecule has 1 N–H and O–H groups in total. The molecule has 2 atom stereocenters. The molecule has 0 heterocycles. The standard InChI is InChI=1S/C25H32Cl3N3O4S/c1-6-16(3)29-25(33)22(7-2)30(14-18-11-12-19(26)13-21(18)28)24(32)15-31(36(5,34)35)23-10-8-9-20(27)17(23)4/h8-13,16,22H,6-7,14-15H2,1-5H3,(H,29,33)/t16-,22+/m1/s1. The van der Waals surface area contributed by atoms with Crippen LogP contribution in [-0.2, 0) is 26.2 Å². The van der Waals surface area contributed by atoms with E-state index in [9.17, 15) is 18.0 Å². The number of amides is 2. The molecule has 0 bridgehead atoms. The number of nitrogens with one attached hydrogen (secondary N) is 1. The van der Waals surface area contributed by atoms with E-state index in [0.717, 1.165) is 17.0 Å². The lowest BCUT2D eigenvalue weighted by molar-refractivity contribution is -0.140. The predicted octanol–water partition coefficient (Wildman–Crippen LogP) is 5.44. The Morgan fingerprint density at radius 3 is 2.25 bits per heavy atom. The molecule has 2 aromatic carbocycles. The van der Waals surface area contributed by atoms with Crippen LogP contribution in [0.5, 0.6) is 0 Å². The van der Waals surface area contributed by atoms with Crippen molar-refractivity contribution in [3.05, 3.63) is 62.6 Å². The Morgan fingerprint density at radius 2 is 1.69 bits per heavy atom. The number of carbonyl (C=O) groups excluding carboxylic acids is 2. The van der Waals surface area contributed by atoms with Gasteiger partial charge in [-0.25, -0.2) is 8.42 Å². The Labute approximate surface area is 228 Å². The molecule has 2 aromatic rings. The van der Waals surface area contributed by atoms with E-state index in [2.05, 4.69) is 5.32 Å². The highest BCUT2D eigenvalue weighted by atomic mass is 35.5. The topological polar surface area (TPSA) is 86.8 Å². The Kier molecular flexibility index (Phi) is 10.9. The van der Waals surface area contributed by atoms with E-state index in [1.807, 2.05) is 13.8 Å². The average Bonchev–Trinajstić information content (AvgIpc) is 2.79. The van der Waals surface area contributed by atoms with Crippen molar-refractivity contribution in [1.82, 2.24) is 10.2 Å². The highest BCUT2D eigenvalue weighted by Gasteiger charge is 2.33. The summed E-state index contributed by atoms with van der Waals surface area (Å²) in [4.78, 5) is 28.3. The summed E-state index contributed by atoms with van der Waals surface area (Å²) in [7, 11) is -3.86. The lowest BCUT2D eigenvalue weighted by atomic mass is 10.1. The molecule has 0 saturated heterocycles. The van der Waals surface area contributed by atoms with Gasteiger partial charge in [-0.2, -0.15) is 0 Å². The van der Waals surface area contributed by atoms with Gasteiger partial charge in [0.05, 0.1) is 11.9 Å². The maximum Gasteiger partial charge on any atom is 0.244 e.